The van der Waals surface area contributed by atoms with Gasteiger partial charge in [-0.1, -0.05) is 57.2 Å². The Labute approximate surface area is 575 Å². The molecule has 0 radical (unpaired) electrons. The van der Waals surface area contributed by atoms with Crippen molar-refractivity contribution in [3.8, 4) is 17.2 Å². The topological polar surface area (TPSA) is 358 Å². The monoisotopic (exact) mass is 1380 g/mol. The van der Waals surface area contributed by atoms with Crippen LogP contribution >= 0.6 is 0 Å². The van der Waals surface area contributed by atoms with E-state index in [0.29, 0.717) is 72.0 Å². The van der Waals surface area contributed by atoms with Crippen LogP contribution in [0.5, 0.6) is 17.2 Å². The van der Waals surface area contributed by atoms with E-state index in [9.17, 15) is 59.4 Å². The minimum atomic E-state index is -1.07. The van der Waals surface area contributed by atoms with Gasteiger partial charge in [0.05, 0.1) is 69.5 Å². The Bertz CT molecular complexity index is 2860. The number of esters is 3. The van der Waals surface area contributed by atoms with E-state index in [1.54, 1.807) is 0 Å². The number of rotatable bonds is 38. The van der Waals surface area contributed by atoms with Crippen LogP contribution in [0.25, 0.3) is 0 Å². The lowest BCUT2D eigenvalue weighted by Gasteiger charge is -2.32. The number of aliphatic hydroxyl groups excluding tert-OH is 6. The van der Waals surface area contributed by atoms with Gasteiger partial charge >= 0.3 is 35.8 Å². The lowest BCUT2D eigenvalue weighted by molar-refractivity contribution is -0.149. The average molecular weight is 1380 g/mol. The van der Waals surface area contributed by atoms with Gasteiger partial charge < -0.3 is 83.9 Å². The molecular formula is C75H108O23. The van der Waals surface area contributed by atoms with Crippen LogP contribution in [0.15, 0.2) is 54.6 Å². The summed E-state index contributed by atoms with van der Waals surface area (Å²) in [6.45, 7) is 5.42. The predicted octanol–water partition coefficient (Wildman–Crippen LogP) is 7.85. The van der Waals surface area contributed by atoms with Crippen molar-refractivity contribution in [3.05, 3.63) is 88.0 Å². The molecule has 0 saturated heterocycles. The number of hydrogen-bond acceptors (Lipinski definition) is 20. The Kier molecular flexibility index (Phi) is 32.8. The summed E-state index contributed by atoms with van der Waals surface area (Å²) in [4.78, 5) is 67.3. The van der Waals surface area contributed by atoms with Crippen LogP contribution in [0.2, 0.25) is 0 Å². The zero-order chi connectivity index (χ0) is 70.7. The highest BCUT2D eigenvalue weighted by molar-refractivity contribution is 5.72. The smallest absolute Gasteiger partial charge is 0.344 e. The van der Waals surface area contributed by atoms with Gasteiger partial charge in [0.2, 0.25) is 0 Å². The third-order valence-electron chi connectivity index (χ3n) is 21.0. The zero-order valence-corrected chi connectivity index (χ0v) is 57.4. The maximum Gasteiger partial charge on any atom is 0.344 e. The average Bonchev–Trinajstić information content (AvgIpc) is 1.60. The first kappa shape index (κ1) is 78.9. The van der Waals surface area contributed by atoms with Gasteiger partial charge in [-0.25, -0.2) is 19.2 Å². The van der Waals surface area contributed by atoms with Gasteiger partial charge in [0.15, 0.2) is 19.8 Å². The standard InChI is InChI=1S/C26H38O7.C25H36O8.C24H34O8/c1-2-19(27)10-11-20-21-13-17-7-6-8-24(22(17)14-18(21)15-23(20)28)33-16-26(31)32-12-5-3-4-9-25(29)30;1-2-18(26)6-7-19-20-12-16-4-3-5-23(21(16)13-17(20)14-22(19)27)33-15-25(30)32-11-10-31-9-8-24(28)29;1-2-17(25)6-7-18-19-10-15-4-3-5-22(20(15)11-16(19)12-21(18)26)32-14-24(29)31-9-8-30-13-23(27)28/h6-8,18-21,23,27-28H,2-5,9-16H2,1H3,(H,29,30);3-5,17-20,22,26-27H,2,6-15H2,1H3,(H,28,29);3-5,16-19,21,25-26H,2,6-14H2,1H3,(H,27,28)/t18-,19-,20+,21-,23+;17-,18-,19+,20-,22+;16-,17-,18+,19-,21+/m000/s1. The van der Waals surface area contributed by atoms with Crippen molar-refractivity contribution in [2.75, 3.05) is 66.1 Å². The van der Waals surface area contributed by atoms with E-state index in [-0.39, 0.29) is 127 Å². The second-order valence-electron chi connectivity index (χ2n) is 27.4. The minimum Gasteiger partial charge on any atom is -0.482 e. The molecule has 98 heavy (non-hydrogen) atoms. The number of carboxylic acids is 3. The lowest BCUT2D eigenvalue weighted by Crippen LogP contribution is -2.28. The van der Waals surface area contributed by atoms with E-state index in [1.807, 2.05) is 57.2 Å². The first-order valence-corrected chi connectivity index (χ1v) is 35.7. The molecule has 9 rings (SSSR count). The SMILES string of the molecule is CC[C@H](O)CC[C@@H]1[C@H]2Cc3cccc(OCC(=O)OCCCCCC(=O)O)c3C[C@H]2C[C@H]1O.CC[C@H](O)CC[C@@H]1[C@H]2Cc3cccc(OCC(=O)OCCOCC(=O)O)c3C[C@H]2C[C@H]1O.CC[C@H](O)CC[C@@H]1[C@H]2Cc3cccc(OCC(=O)OCCOCCC(=O)O)c3C[C@H]2C[C@H]1O. The van der Waals surface area contributed by atoms with Gasteiger partial charge in [-0.05, 0) is 240 Å². The van der Waals surface area contributed by atoms with Crippen molar-refractivity contribution in [2.45, 2.75) is 205 Å². The number of benzene rings is 3. The third kappa shape index (κ3) is 24.4. The number of carboxylic acid groups (broad SMARTS) is 3. The van der Waals surface area contributed by atoms with Crippen LogP contribution in [0.1, 0.15) is 163 Å². The van der Waals surface area contributed by atoms with E-state index in [2.05, 4.69) is 18.2 Å². The lowest BCUT2D eigenvalue weighted by atomic mass is 9.73. The zero-order valence-electron chi connectivity index (χ0n) is 57.4. The van der Waals surface area contributed by atoms with Crippen LogP contribution < -0.4 is 14.2 Å². The van der Waals surface area contributed by atoms with Gasteiger partial charge in [0, 0.05) is 6.42 Å². The molecule has 0 heterocycles. The molecule has 0 aromatic heterocycles. The van der Waals surface area contributed by atoms with Crippen molar-refractivity contribution < 1.29 is 113 Å². The molecule has 15 atom stereocenters. The predicted molar refractivity (Wildman–Crippen MR) is 358 cm³/mol. The van der Waals surface area contributed by atoms with Gasteiger partial charge in [0.1, 0.15) is 37.1 Å². The number of unbranched alkanes of at least 4 members (excludes halogenated alkanes) is 2. The van der Waals surface area contributed by atoms with Crippen molar-refractivity contribution in [1.29, 1.82) is 0 Å². The second kappa shape index (κ2) is 40.7. The summed E-state index contributed by atoms with van der Waals surface area (Å²) in [6, 6.07) is 17.7. The van der Waals surface area contributed by atoms with Crippen molar-refractivity contribution in [2.24, 2.45) is 53.3 Å². The Hall–Kier alpha value is -6.44. The number of ether oxygens (including phenoxy) is 8. The number of aliphatic hydroxyl groups is 6. The number of fused-ring (bicyclic) bond motifs is 6. The summed E-state index contributed by atoms with van der Waals surface area (Å²) in [5.41, 5.74) is 6.92. The molecule has 3 saturated carbocycles. The number of carbonyl (C=O) groups excluding carboxylic acids is 3. The molecule has 3 aromatic rings. The summed E-state index contributed by atoms with van der Waals surface area (Å²) >= 11 is 0. The molecule has 6 aliphatic carbocycles. The maximum atomic E-state index is 12.1. The summed E-state index contributed by atoms with van der Waals surface area (Å²) in [7, 11) is 0. The molecule has 3 aromatic carbocycles. The molecule has 0 aliphatic heterocycles. The molecule has 23 nitrogen and oxygen atoms in total. The second-order valence-corrected chi connectivity index (χ2v) is 27.4. The van der Waals surface area contributed by atoms with E-state index >= 15 is 0 Å². The highest BCUT2D eigenvalue weighted by Crippen LogP contribution is 2.51. The van der Waals surface area contributed by atoms with Gasteiger partial charge in [0.25, 0.3) is 0 Å². The highest BCUT2D eigenvalue weighted by atomic mass is 16.6. The molecule has 0 unspecified atom stereocenters. The molecule has 6 aliphatic rings. The first-order valence-electron chi connectivity index (χ1n) is 35.7. The fraction of sp³-hybridized carbons (Fsp3) is 0.680. The minimum absolute atomic E-state index is 0.0145. The molecule has 23 heteroatoms. The summed E-state index contributed by atoms with van der Waals surface area (Å²) in [6.07, 6.45) is 14.4. The van der Waals surface area contributed by atoms with Crippen LogP contribution in [0.3, 0.4) is 0 Å². The van der Waals surface area contributed by atoms with Crippen LogP contribution in [-0.4, -0.2) is 184 Å². The molecule has 9 N–H and O–H groups in total. The quantitative estimate of drug-likeness (QED) is 0.0150. The molecule has 3 fully saturated rings. The van der Waals surface area contributed by atoms with Crippen molar-refractivity contribution in [3.63, 3.8) is 0 Å². The van der Waals surface area contributed by atoms with Crippen LogP contribution in [0, 0.1) is 53.3 Å². The fourth-order valence-electron chi connectivity index (χ4n) is 15.7. The summed E-state index contributed by atoms with van der Waals surface area (Å²) in [5.74, 6) is 0.742. The third-order valence-corrected chi connectivity index (χ3v) is 21.0. The Morgan fingerprint density at radius 1 is 0.408 bits per heavy atom. The Morgan fingerprint density at radius 2 is 0.765 bits per heavy atom. The van der Waals surface area contributed by atoms with E-state index in [1.165, 1.54) is 16.7 Å². The van der Waals surface area contributed by atoms with Crippen LogP contribution in [0.4, 0.5) is 0 Å². The fourth-order valence-corrected chi connectivity index (χ4v) is 15.7. The molecule has 0 bridgehead atoms. The van der Waals surface area contributed by atoms with E-state index in [0.717, 1.165) is 132 Å². The largest absolute Gasteiger partial charge is 0.482 e. The molecular weight excluding hydrogens is 1270 g/mol. The van der Waals surface area contributed by atoms with E-state index < -0.39 is 42.4 Å². The van der Waals surface area contributed by atoms with Crippen molar-refractivity contribution >= 4 is 35.8 Å². The first-order chi connectivity index (χ1) is 47.2. The van der Waals surface area contributed by atoms with Gasteiger partial charge in [-0.2, -0.15) is 0 Å². The maximum absolute atomic E-state index is 12.1. The Balaban J connectivity index is 0.000000207. The van der Waals surface area contributed by atoms with Crippen molar-refractivity contribution in [1.82, 2.24) is 0 Å². The van der Waals surface area contributed by atoms with Crippen LogP contribution in [-0.2, 0) is 91.0 Å². The molecule has 0 amide bonds. The Morgan fingerprint density at radius 3 is 1.11 bits per heavy atom. The van der Waals surface area contributed by atoms with Gasteiger partial charge in [-0.3, -0.25) is 9.59 Å². The van der Waals surface area contributed by atoms with E-state index in [4.69, 9.17) is 53.2 Å². The summed E-state index contributed by atoms with van der Waals surface area (Å²) in [5, 5.41) is 87.5. The summed E-state index contributed by atoms with van der Waals surface area (Å²) < 4.78 is 42.6. The van der Waals surface area contributed by atoms with Gasteiger partial charge in [-0.15, -0.1) is 0 Å². The normalized spacial score (nSPS) is 24.7. The molecule has 0 spiro atoms. The number of hydrogen-bond donors (Lipinski definition) is 9. The highest BCUT2D eigenvalue weighted by Gasteiger charge is 2.48. The molecule has 546 valence electrons. The number of carbonyl (C=O) groups is 6. The number of aliphatic carboxylic acids is 3.